The third kappa shape index (κ3) is 3.03. The van der Waals surface area contributed by atoms with Gasteiger partial charge in [0.1, 0.15) is 0 Å². The molecule has 0 saturated carbocycles. The molecule has 0 aromatic heterocycles. The summed E-state index contributed by atoms with van der Waals surface area (Å²) in [6.07, 6.45) is 5.09. The Balaban J connectivity index is 1.84. The molecule has 1 aliphatic rings. The van der Waals surface area contributed by atoms with Gasteiger partial charge in [0.05, 0.1) is 0 Å². The monoisotopic (exact) mass is 279 g/mol. The summed E-state index contributed by atoms with van der Waals surface area (Å²) >= 11 is 0. The van der Waals surface area contributed by atoms with Crippen LogP contribution < -0.4 is 5.32 Å². The molecule has 0 amide bonds. The summed E-state index contributed by atoms with van der Waals surface area (Å²) < 4.78 is 0. The predicted octanol–water partition coefficient (Wildman–Crippen LogP) is 4.77. The lowest BCUT2D eigenvalue weighted by Gasteiger charge is -2.29. The Morgan fingerprint density at radius 2 is 1.86 bits per heavy atom. The van der Waals surface area contributed by atoms with E-state index in [9.17, 15) is 0 Å². The van der Waals surface area contributed by atoms with E-state index in [4.69, 9.17) is 0 Å². The van der Waals surface area contributed by atoms with Gasteiger partial charge in [0.15, 0.2) is 0 Å². The van der Waals surface area contributed by atoms with Crippen molar-refractivity contribution in [1.29, 1.82) is 0 Å². The van der Waals surface area contributed by atoms with E-state index in [2.05, 4.69) is 67.8 Å². The molecule has 2 unspecified atom stereocenters. The number of hydrogen-bond donors (Lipinski definition) is 1. The highest BCUT2D eigenvalue weighted by Crippen LogP contribution is 2.38. The normalized spacial score (nSPS) is 19.0. The second-order valence-electron chi connectivity index (χ2n) is 6.22. The summed E-state index contributed by atoms with van der Waals surface area (Å²) in [5, 5.41) is 3.54. The largest absolute Gasteiger partial charge is 0.313 e. The van der Waals surface area contributed by atoms with Crippen molar-refractivity contribution in [2.75, 3.05) is 7.05 Å². The van der Waals surface area contributed by atoms with Crippen LogP contribution in [0.1, 0.15) is 53.5 Å². The van der Waals surface area contributed by atoms with Gasteiger partial charge in [-0.15, -0.1) is 0 Å². The van der Waals surface area contributed by atoms with Crippen LogP contribution in [0.15, 0.2) is 48.5 Å². The highest BCUT2D eigenvalue weighted by atomic mass is 14.9. The van der Waals surface area contributed by atoms with E-state index in [-0.39, 0.29) is 0 Å². The Kier molecular flexibility index (Phi) is 4.40. The van der Waals surface area contributed by atoms with Crippen molar-refractivity contribution >= 4 is 0 Å². The zero-order valence-electron chi connectivity index (χ0n) is 13.1. The summed E-state index contributed by atoms with van der Waals surface area (Å²) in [7, 11) is 2.09. The molecular formula is C20H25N. The zero-order chi connectivity index (χ0) is 14.7. The van der Waals surface area contributed by atoms with Crippen molar-refractivity contribution in [3.63, 3.8) is 0 Å². The summed E-state index contributed by atoms with van der Waals surface area (Å²) in [6.45, 7) is 2.22. The molecule has 1 nitrogen and oxygen atoms in total. The van der Waals surface area contributed by atoms with Gasteiger partial charge in [-0.1, -0.05) is 48.5 Å². The minimum Gasteiger partial charge on any atom is -0.313 e. The lowest BCUT2D eigenvalue weighted by atomic mass is 9.78. The highest BCUT2D eigenvalue weighted by Gasteiger charge is 2.23. The fourth-order valence-electron chi connectivity index (χ4n) is 3.76. The molecule has 2 aromatic carbocycles. The molecule has 0 aliphatic heterocycles. The average Bonchev–Trinajstić information content (AvgIpc) is 2.53. The number of rotatable bonds is 4. The molecule has 110 valence electrons. The van der Waals surface area contributed by atoms with Crippen LogP contribution in [-0.2, 0) is 6.42 Å². The van der Waals surface area contributed by atoms with Crippen molar-refractivity contribution < 1.29 is 0 Å². The molecule has 0 saturated heterocycles. The molecule has 3 rings (SSSR count). The van der Waals surface area contributed by atoms with Crippen LogP contribution in [0, 0.1) is 6.92 Å². The maximum atomic E-state index is 3.54. The fourth-order valence-corrected chi connectivity index (χ4v) is 3.76. The van der Waals surface area contributed by atoms with Crippen LogP contribution in [0.3, 0.4) is 0 Å². The summed E-state index contributed by atoms with van der Waals surface area (Å²) in [4.78, 5) is 0. The van der Waals surface area contributed by atoms with Gasteiger partial charge in [-0.25, -0.2) is 0 Å². The van der Waals surface area contributed by atoms with Crippen LogP contribution in [0.5, 0.6) is 0 Å². The third-order valence-corrected chi connectivity index (χ3v) is 4.93. The lowest BCUT2D eigenvalue weighted by molar-refractivity contribution is 0.439. The molecular weight excluding hydrogens is 254 g/mol. The van der Waals surface area contributed by atoms with Gasteiger partial charge in [0, 0.05) is 6.04 Å². The van der Waals surface area contributed by atoms with Crippen molar-refractivity contribution in [1.82, 2.24) is 5.32 Å². The minimum absolute atomic E-state index is 0.447. The van der Waals surface area contributed by atoms with E-state index < -0.39 is 0 Å². The molecule has 0 fully saturated rings. The van der Waals surface area contributed by atoms with Crippen LogP contribution in [-0.4, -0.2) is 7.05 Å². The van der Waals surface area contributed by atoms with Gasteiger partial charge in [-0.2, -0.15) is 0 Å². The standard InChI is InChI=1S/C20H25N/c1-15-8-3-5-12-18(15)20(21-2)14-17-11-7-10-16-9-4-6-13-19(16)17/h3-6,8-9,12-13,17,20-21H,7,10-11,14H2,1-2H3. The zero-order valence-corrected chi connectivity index (χ0v) is 13.1. The van der Waals surface area contributed by atoms with Crippen molar-refractivity contribution in [2.24, 2.45) is 0 Å². The van der Waals surface area contributed by atoms with Gasteiger partial charge >= 0.3 is 0 Å². The average molecular weight is 279 g/mol. The first-order valence-corrected chi connectivity index (χ1v) is 8.10. The summed E-state index contributed by atoms with van der Waals surface area (Å²) in [6, 6.07) is 18.2. The molecule has 0 radical (unpaired) electrons. The Bertz CT molecular complexity index is 602. The molecule has 2 atom stereocenters. The number of benzene rings is 2. The van der Waals surface area contributed by atoms with Gasteiger partial charge in [-0.05, 0) is 67.8 Å². The van der Waals surface area contributed by atoms with E-state index in [0.29, 0.717) is 12.0 Å². The molecule has 0 bridgehead atoms. The molecule has 2 aromatic rings. The SMILES string of the molecule is CNC(CC1CCCc2ccccc21)c1ccccc1C. The molecule has 0 spiro atoms. The van der Waals surface area contributed by atoms with Crippen molar-refractivity contribution in [3.8, 4) is 0 Å². The van der Waals surface area contributed by atoms with E-state index in [0.717, 1.165) is 0 Å². The smallest absolute Gasteiger partial charge is 0.0325 e. The Labute approximate surface area is 128 Å². The topological polar surface area (TPSA) is 12.0 Å². The quantitative estimate of drug-likeness (QED) is 0.850. The van der Waals surface area contributed by atoms with Crippen LogP contribution in [0.4, 0.5) is 0 Å². The first-order valence-electron chi connectivity index (χ1n) is 8.10. The van der Waals surface area contributed by atoms with E-state index >= 15 is 0 Å². The van der Waals surface area contributed by atoms with Gasteiger partial charge in [0.25, 0.3) is 0 Å². The Hall–Kier alpha value is -1.60. The number of nitrogens with one attached hydrogen (secondary N) is 1. The molecule has 0 heterocycles. The minimum atomic E-state index is 0.447. The lowest BCUT2D eigenvalue weighted by Crippen LogP contribution is -2.22. The molecule has 1 N–H and O–H groups in total. The second-order valence-corrected chi connectivity index (χ2v) is 6.22. The van der Waals surface area contributed by atoms with Gasteiger partial charge in [0.2, 0.25) is 0 Å². The molecule has 1 heteroatoms. The first-order chi connectivity index (χ1) is 10.3. The maximum absolute atomic E-state index is 3.54. The predicted molar refractivity (Wildman–Crippen MR) is 89.7 cm³/mol. The summed E-state index contributed by atoms with van der Waals surface area (Å²) in [5.41, 5.74) is 5.98. The second kappa shape index (κ2) is 6.44. The fraction of sp³-hybridized carbons (Fsp3) is 0.400. The number of aryl methyl sites for hydroxylation is 2. The maximum Gasteiger partial charge on any atom is 0.0325 e. The van der Waals surface area contributed by atoms with E-state index in [1.165, 1.54) is 36.8 Å². The Morgan fingerprint density at radius 1 is 1.10 bits per heavy atom. The van der Waals surface area contributed by atoms with Crippen LogP contribution in [0.25, 0.3) is 0 Å². The first kappa shape index (κ1) is 14.3. The number of hydrogen-bond acceptors (Lipinski definition) is 1. The van der Waals surface area contributed by atoms with E-state index in [1.807, 2.05) is 0 Å². The van der Waals surface area contributed by atoms with Crippen LogP contribution in [0.2, 0.25) is 0 Å². The van der Waals surface area contributed by atoms with Crippen molar-refractivity contribution in [2.45, 2.75) is 44.6 Å². The van der Waals surface area contributed by atoms with Crippen LogP contribution >= 0.6 is 0 Å². The summed E-state index contributed by atoms with van der Waals surface area (Å²) in [5.74, 6) is 0.687. The number of fused-ring (bicyclic) bond motifs is 1. The molecule has 21 heavy (non-hydrogen) atoms. The van der Waals surface area contributed by atoms with Gasteiger partial charge < -0.3 is 5.32 Å². The molecule has 1 aliphatic carbocycles. The Morgan fingerprint density at radius 3 is 2.67 bits per heavy atom. The van der Waals surface area contributed by atoms with Crippen molar-refractivity contribution in [3.05, 3.63) is 70.8 Å². The van der Waals surface area contributed by atoms with Gasteiger partial charge in [-0.3, -0.25) is 0 Å². The highest BCUT2D eigenvalue weighted by molar-refractivity contribution is 5.34. The third-order valence-electron chi connectivity index (χ3n) is 4.93. The van der Waals surface area contributed by atoms with E-state index in [1.54, 1.807) is 11.1 Å².